The summed E-state index contributed by atoms with van der Waals surface area (Å²) in [6.45, 7) is 0.128. The van der Waals surface area contributed by atoms with Crippen LogP contribution in [0.15, 0.2) is 18.2 Å². The van der Waals surface area contributed by atoms with Gasteiger partial charge in [0.15, 0.2) is 11.4 Å². The van der Waals surface area contributed by atoms with Crippen molar-refractivity contribution in [3.8, 4) is 0 Å². The molecule has 98 valence electrons. The zero-order valence-electron chi connectivity index (χ0n) is 9.84. The highest BCUT2D eigenvalue weighted by Gasteiger charge is 2.35. The minimum absolute atomic E-state index is 0.0412. The van der Waals surface area contributed by atoms with Gasteiger partial charge in [-0.3, -0.25) is 0 Å². The van der Waals surface area contributed by atoms with Gasteiger partial charge in [0.1, 0.15) is 5.82 Å². The van der Waals surface area contributed by atoms with Crippen molar-refractivity contribution >= 4 is 11.8 Å². The fourth-order valence-corrected chi connectivity index (χ4v) is 2.13. The Morgan fingerprint density at radius 2 is 2.33 bits per heavy atom. The monoisotopic (exact) mass is 254 g/mol. The summed E-state index contributed by atoms with van der Waals surface area (Å²) in [4.78, 5) is 16.5. The van der Waals surface area contributed by atoms with Gasteiger partial charge >= 0.3 is 5.97 Å². The standard InChI is InChI=1S/C12H15FN2O3/c13-12(8-16)5-2-6-15(7-12)10-4-1-3-9(14-10)11(17)18/h1,3-4,16H,2,5-8H2,(H,17,18). The Bertz CT molecular complexity index is 455. The molecular weight excluding hydrogens is 239 g/mol. The molecule has 0 amide bonds. The lowest BCUT2D eigenvalue weighted by molar-refractivity contribution is 0.0565. The smallest absolute Gasteiger partial charge is 0.354 e. The van der Waals surface area contributed by atoms with Crippen LogP contribution in [0.5, 0.6) is 0 Å². The average molecular weight is 254 g/mol. The lowest BCUT2D eigenvalue weighted by Crippen LogP contribution is -2.48. The molecule has 1 fully saturated rings. The fraction of sp³-hybridized carbons (Fsp3) is 0.500. The molecule has 5 nitrogen and oxygen atoms in total. The van der Waals surface area contributed by atoms with E-state index in [1.54, 1.807) is 17.0 Å². The number of aliphatic hydroxyl groups excluding tert-OH is 1. The van der Waals surface area contributed by atoms with E-state index in [1.165, 1.54) is 6.07 Å². The highest BCUT2D eigenvalue weighted by molar-refractivity contribution is 5.85. The molecule has 2 rings (SSSR count). The topological polar surface area (TPSA) is 73.7 Å². The molecule has 0 aliphatic carbocycles. The maximum atomic E-state index is 14.1. The zero-order valence-corrected chi connectivity index (χ0v) is 9.84. The van der Waals surface area contributed by atoms with Gasteiger partial charge < -0.3 is 15.1 Å². The minimum Gasteiger partial charge on any atom is -0.477 e. The molecule has 1 atom stereocenters. The number of aromatic carboxylic acids is 1. The molecule has 18 heavy (non-hydrogen) atoms. The number of carboxylic acids is 1. The molecule has 1 aromatic heterocycles. The van der Waals surface area contributed by atoms with E-state index in [0.717, 1.165) is 0 Å². The van der Waals surface area contributed by atoms with E-state index in [2.05, 4.69) is 4.98 Å². The summed E-state index contributed by atoms with van der Waals surface area (Å²) in [6.07, 6.45) is 0.925. The number of alkyl halides is 1. The average Bonchev–Trinajstić information content (AvgIpc) is 2.39. The minimum atomic E-state index is -1.63. The van der Waals surface area contributed by atoms with Crippen LogP contribution in [0.4, 0.5) is 10.2 Å². The van der Waals surface area contributed by atoms with Gasteiger partial charge in [0.05, 0.1) is 13.2 Å². The molecule has 1 aliphatic heterocycles. The van der Waals surface area contributed by atoms with Gasteiger partial charge in [-0.1, -0.05) is 6.07 Å². The summed E-state index contributed by atoms with van der Waals surface area (Å²) in [5, 5.41) is 17.9. The SMILES string of the molecule is O=C(O)c1cccc(N2CCCC(F)(CO)C2)n1. The molecule has 0 saturated carbocycles. The van der Waals surface area contributed by atoms with Gasteiger partial charge in [-0.15, -0.1) is 0 Å². The van der Waals surface area contributed by atoms with E-state index in [-0.39, 0.29) is 12.2 Å². The van der Waals surface area contributed by atoms with Gasteiger partial charge in [-0.2, -0.15) is 0 Å². The Hall–Kier alpha value is -1.69. The molecule has 0 spiro atoms. The van der Waals surface area contributed by atoms with Crippen LogP contribution < -0.4 is 4.90 Å². The summed E-state index contributed by atoms with van der Waals surface area (Å²) >= 11 is 0. The summed E-state index contributed by atoms with van der Waals surface area (Å²) < 4.78 is 14.1. The molecule has 6 heteroatoms. The largest absolute Gasteiger partial charge is 0.477 e. The fourth-order valence-electron chi connectivity index (χ4n) is 2.13. The Kier molecular flexibility index (Phi) is 3.47. The van der Waals surface area contributed by atoms with E-state index in [1.807, 2.05) is 0 Å². The number of halogens is 1. The molecule has 2 heterocycles. The second-order valence-electron chi connectivity index (χ2n) is 4.52. The predicted molar refractivity (Wildman–Crippen MR) is 63.6 cm³/mol. The van der Waals surface area contributed by atoms with E-state index >= 15 is 0 Å². The second kappa shape index (κ2) is 4.89. The van der Waals surface area contributed by atoms with Crippen LogP contribution in [0, 0.1) is 0 Å². The van der Waals surface area contributed by atoms with Crippen molar-refractivity contribution in [3.63, 3.8) is 0 Å². The first kappa shape index (κ1) is 12.8. The molecule has 2 N–H and O–H groups in total. The summed E-state index contributed by atoms with van der Waals surface area (Å²) in [5.41, 5.74) is -1.69. The first-order chi connectivity index (χ1) is 8.54. The lowest BCUT2D eigenvalue weighted by atomic mass is 9.95. The normalized spacial score (nSPS) is 24.0. The van der Waals surface area contributed by atoms with Crippen LogP contribution in [-0.2, 0) is 0 Å². The van der Waals surface area contributed by atoms with E-state index < -0.39 is 18.2 Å². The highest BCUT2D eigenvalue weighted by Crippen LogP contribution is 2.27. The Morgan fingerprint density at radius 3 is 3.00 bits per heavy atom. The van der Waals surface area contributed by atoms with Crippen LogP contribution in [0.3, 0.4) is 0 Å². The van der Waals surface area contributed by atoms with Crippen LogP contribution in [0.1, 0.15) is 23.3 Å². The number of piperidine rings is 1. The number of carboxylic acid groups (broad SMARTS) is 1. The van der Waals surface area contributed by atoms with Crippen LogP contribution in [-0.4, -0.2) is 46.5 Å². The molecule has 1 saturated heterocycles. The third kappa shape index (κ3) is 2.59. The van der Waals surface area contributed by atoms with Crippen molar-refractivity contribution in [2.45, 2.75) is 18.5 Å². The Balaban J connectivity index is 2.21. The van der Waals surface area contributed by atoms with Crippen LogP contribution in [0.2, 0.25) is 0 Å². The van der Waals surface area contributed by atoms with Crippen molar-refractivity contribution < 1.29 is 19.4 Å². The maximum absolute atomic E-state index is 14.1. The molecular formula is C12H15FN2O3. The Morgan fingerprint density at radius 1 is 1.56 bits per heavy atom. The van der Waals surface area contributed by atoms with E-state index in [4.69, 9.17) is 10.2 Å². The number of rotatable bonds is 3. The number of aromatic nitrogens is 1. The molecule has 1 aliphatic rings. The third-order valence-electron chi connectivity index (χ3n) is 3.09. The molecule has 1 unspecified atom stereocenters. The molecule has 0 bridgehead atoms. The summed E-state index contributed by atoms with van der Waals surface area (Å²) in [7, 11) is 0. The lowest BCUT2D eigenvalue weighted by Gasteiger charge is -2.37. The predicted octanol–water partition coefficient (Wildman–Crippen LogP) is 1.08. The van der Waals surface area contributed by atoms with Gasteiger partial charge in [0.2, 0.25) is 0 Å². The van der Waals surface area contributed by atoms with Gasteiger partial charge in [-0.25, -0.2) is 14.2 Å². The maximum Gasteiger partial charge on any atom is 0.354 e. The van der Waals surface area contributed by atoms with E-state index in [0.29, 0.717) is 25.2 Å². The van der Waals surface area contributed by atoms with Crippen molar-refractivity contribution in [2.75, 3.05) is 24.6 Å². The van der Waals surface area contributed by atoms with Gasteiger partial charge in [-0.05, 0) is 25.0 Å². The first-order valence-electron chi connectivity index (χ1n) is 5.79. The number of anilines is 1. The molecule has 0 aromatic carbocycles. The highest BCUT2D eigenvalue weighted by atomic mass is 19.1. The van der Waals surface area contributed by atoms with E-state index in [9.17, 15) is 9.18 Å². The molecule has 1 aromatic rings. The number of pyridine rings is 1. The quantitative estimate of drug-likeness (QED) is 0.844. The number of nitrogens with zero attached hydrogens (tertiary/aromatic N) is 2. The van der Waals surface area contributed by atoms with Crippen LogP contribution >= 0.6 is 0 Å². The number of hydrogen-bond acceptors (Lipinski definition) is 4. The number of carbonyl (C=O) groups is 1. The summed E-state index contributed by atoms with van der Waals surface area (Å²) in [5.74, 6) is -0.674. The van der Waals surface area contributed by atoms with Gasteiger partial charge in [0.25, 0.3) is 0 Å². The van der Waals surface area contributed by atoms with Crippen molar-refractivity contribution in [1.82, 2.24) is 4.98 Å². The van der Waals surface area contributed by atoms with Gasteiger partial charge in [0, 0.05) is 6.54 Å². The third-order valence-corrected chi connectivity index (χ3v) is 3.09. The number of aliphatic hydroxyl groups is 1. The first-order valence-corrected chi connectivity index (χ1v) is 5.79. The van der Waals surface area contributed by atoms with Crippen LogP contribution in [0.25, 0.3) is 0 Å². The molecule has 0 radical (unpaired) electrons. The van der Waals surface area contributed by atoms with Crippen molar-refractivity contribution in [1.29, 1.82) is 0 Å². The van der Waals surface area contributed by atoms with Crippen molar-refractivity contribution in [2.24, 2.45) is 0 Å². The zero-order chi connectivity index (χ0) is 13.2. The number of hydrogen-bond donors (Lipinski definition) is 2. The second-order valence-corrected chi connectivity index (χ2v) is 4.52. The Labute approximate surface area is 104 Å². The van der Waals surface area contributed by atoms with Crippen molar-refractivity contribution in [3.05, 3.63) is 23.9 Å². The summed E-state index contributed by atoms with van der Waals surface area (Å²) in [6, 6.07) is 4.62.